The Balaban J connectivity index is 2.11. The number of amides is 4. The van der Waals surface area contributed by atoms with Crippen LogP contribution in [0.5, 0.6) is 0 Å². The first-order valence-corrected chi connectivity index (χ1v) is 8.31. The van der Waals surface area contributed by atoms with Crippen LogP contribution in [0.4, 0.5) is 16.2 Å². The van der Waals surface area contributed by atoms with Crippen LogP contribution in [0.2, 0.25) is 0 Å². The van der Waals surface area contributed by atoms with Crippen molar-refractivity contribution in [3.05, 3.63) is 39.4 Å². The largest absolute Gasteiger partial charge is 0.377 e. The first kappa shape index (κ1) is 18.5. The van der Waals surface area contributed by atoms with Gasteiger partial charge in [0.15, 0.2) is 0 Å². The number of nitro groups is 1. The van der Waals surface area contributed by atoms with Gasteiger partial charge in [0.25, 0.3) is 17.5 Å². The average Bonchev–Trinajstić information content (AvgIpc) is 2.58. The summed E-state index contributed by atoms with van der Waals surface area (Å²) in [6.45, 7) is 4.86. The van der Waals surface area contributed by atoms with E-state index in [9.17, 15) is 24.5 Å². The van der Waals surface area contributed by atoms with E-state index < -0.39 is 22.8 Å². The van der Waals surface area contributed by atoms with Crippen LogP contribution in [0.3, 0.4) is 0 Å². The number of imide groups is 2. The number of rotatable bonds is 3. The van der Waals surface area contributed by atoms with E-state index in [1.807, 2.05) is 29.4 Å². The van der Waals surface area contributed by atoms with Gasteiger partial charge < -0.3 is 9.64 Å². The second kappa shape index (κ2) is 7.16. The first-order chi connectivity index (χ1) is 12.8. The third-order valence-electron chi connectivity index (χ3n) is 4.41. The molecule has 4 amide bonds. The number of nitrogens with one attached hydrogen (secondary N) is 2. The minimum Gasteiger partial charge on any atom is -0.377 e. The number of ether oxygens (including phenoxy) is 1. The van der Waals surface area contributed by atoms with E-state index in [4.69, 9.17) is 4.74 Å². The van der Waals surface area contributed by atoms with E-state index in [-0.39, 0.29) is 23.3 Å². The van der Waals surface area contributed by atoms with Gasteiger partial charge in [-0.1, -0.05) is 0 Å². The minimum atomic E-state index is -0.906. The molecule has 0 aromatic heterocycles. The van der Waals surface area contributed by atoms with Crippen LogP contribution in [0.25, 0.3) is 6.08 Å². The van der Waals surface area contributed by atoms with Crippen molar-refractivity contribution in [2.45, 2.75) is 25.9 Å². The fourth-order valence-corrected chi connectivity index (χ4v) is 3.25. The van der Waals surface area contributed by atoms with Gasteiger partial charge in [-0.2, -0.15) is 0 Å². The molecule has 1 aromatic rings. The Morgan fingerprint density at radius 2 is 1.74 bits per heavy atom. The number of nitro benzene ring substituents is 1. The van der Waals surface area contributed by atoms with Crippen LogP contribution in [0, 0.1) is 10.1 Å². The third kappa shape index (κ3) is 3.65. The smallest absolute Gasteiger partial charge is 0.328 e. The molecule has 1 aromatic carbocycles. The lowest BCUT2D eigenvalue weighted by molar-refractivity contribution is -0.384. The quantitative estimate of drug-likeness (QED) is 0.349. The lowest BCUT2D eigenvalue weighted by Crippen LogP contribution is -2.51. The molecule has 2 saturated heterocycles. The van der Waals surface area contributed by atoms with Gasteiger partial charge in [0, 0.05) is 35.5 Å². The van der Waals surface area contributed by atoms with Gasteiger partial charge in [-0.3, -0.25) is 30.3 Å². The summed E-state index contributed by atoms with van der Waals surface area (Å²) in [4.78, 5) is 47.9. The molecular formula is C17H18N4O6. The van der Waals surface area contributed by atoms with E-state index >= 15 is 0 Å². The number of benzene rings is 1. The van der Waals surface area contributed by atoms with Crippen LogP contribution >= 0.6 is 0 Å². The predicted molar refractivity (Wildman–Crippen MR) is 95.0 cm³/mol. The molecule has 10 nitrogen and oxygen atoms in total. The fourth-order valence-electron chi connectivity index (χ4n) is 3.25. The lowest BCUT2D eigenvalue weighted by atomic mass is 10.0. The van der Waals surface area contributed by atoms with Gasteiger partial charge in [0.05, 0.1) is 18.1 Å². The number of carbonyl (C=O) groups excluding carboxylic acids is 3. The Labute approximate surface area is 154 Å². The highest BCUT2D eigenvalue weighted by Crippen LogP contribution is 2.32. The highest BCUT2D eigenvalue weighted by molar-refractivity contribution is 6.31. The maximum absolute atomic E-state index is 12.0. The van der Waals surface area contributed by atoms with Crippen molar-refractivity contribution in [3.8, 4) is 0 Å². The summed E-state index contributed by atoms with van der Waals surface area (Å²) in [5.74, 6) is -1.71. The number of hydrogen-bond acceptors (Lipinski definition) is 7. The topological polar surface area (TPSA) is 131 Å². The summed E-state index contributed by atoms with van der Waals surface area (Å²) in [5, 5.41) is 15.2. The summed E-state index contributed by atoms with van der Waals surface area (Å²) in [6.07, 6.45) is 1.26. The molecular weight excluding hydrogens is 356 g/mol. The van der Waals surface area contributed by atoms with Crippen LogP contribution < -0.4 is 15.5 Å². The van der Waals surface area contributed by atoms with Crippen molar-refractivity contribution >= 4 is 35.3 Å². The zero-order chi connectivity index (χ0) is 19.7. The highest BCUT2D eigenvalue weighted by atomic mass is 16.6. The average molecular weight is 374 g/mol. The second-order valence-electron chi connectivity index (χ2n) is 6.44. The van der Waals surface area contributed by atoms with Crippen LogP contribution in [-0.2, 0) is 14.3 Å². The zero-order valence-corrected chi connectivity index (χ0v) is 14.7. The molecule has 0 unspecified atom stereocenters. The molecule has 27 heavy (non-hydrogen) atoms. The molecule has 0 spiro atoms. The number of nitrogens with zero attached hydrogens (tertiary/aromatic N) is 2. The molecule has 0 saturated carbocycles. The molecule has 0 aliphatic carbocycles. The van der Waals surface area contributed by atoms with Crippen molar-refractivity contribution in [1.82, 2.24) is 10.6 Å². The molecule has 0 radical (unpaired) electrons. The number of carbonyl (C=O) groups is 3. The van der Waals surface area contributed by atoms with E-state index in [1.165, 1.54) is 18.2 Å². The summed E-state index contributed by atoms with van der Waals surface area (Å²) in [5.41, 5.74) is 0.491. The summed E-state index contributed by atoms with van der Waals surface area (Å²) in [6, 6.07) is 3.33. The van der Waals surface area contributed by atoms with Gasteiger partial charge in [0.2, 0.25) is 0 Å². The number of hydrogen-bond donors (Lipinski definition) is 2. The summed E-state index contributed by atoms with van der Waals surface area (Å²) in [7, 11) is 0. The van der Waals surface area contributed by atoms with Gasteiger partial charge in [0.1, 0.15) is 5.57 Å². The predicted octanol–water partition coefficient (Wildman–Crippen LogP) is 0.958. The fraction of sp³-hybridized carbons (Fsp3) is 0.353. The summed E-state index contributed by atoms with van der Waals surface area (Å²) < 4.78 is 5.51. The van der Waals surface area contributed by atoms with Crippen molar-refractivity contribution < 1.29 is 24.0 Å². The number of barbiturate groups is 1. The maximum atomic E-state index is 12.0. The van der Waals surface area contributed by atoms with E-state index in [0.717, 1.165) is 0 Å². The standard InChI is InChI=1S/C17H18N4O6/c1-9-7-27-8-10(2)20(9)14-4-3-12(21(25)26)5-11(14)6-13-15(22)18-17(24)19-16(13)23/h3-6,9-10H,7-8H2,1-2H3,(H2,18,19,22,23,24)/t9-,10-/m0/s1. The van der Waals surface area contributed by atoms with Crippen LogP contribution in [-0.4, -0.2) is 48.1 Å². The van der Waals surface area contributed by atoms with Crippen molar-refractivity contribution in [3.63, 3.8) is 0 Å². The van der Waals surface area contributed by atoms with E-state index in [1.54, 1.807) is 6.07 Å². The molecule has 2 aliphatic heterocycles. The third-order valence-corrected chi connectivity index (χ3v) is 4.41. The number of non-ortho nitro benzene ring substituents is 1. The second-order valence-corrected chi connectivity index (χ2v) is 6.44. The van der Waals surface area contributed by atoms with Gasteiger partial charge in [-0.05, 0) is 26.0 Å². The number of morpholine rings is 1. The molecule has 2 fully saturated rings. The highest BCUT2D eigenvalue weighted by Gasteiger charge is 2.31. The Kier molecular flexibility index (Phi) is 4.91. The van der Waals surface area contributed by atoms with Gasteiger partial charge >= 0.3 is 6.03 Å². The Morgan fingerprint density at radius 3 is 2.30 bits per heavy atom. The molecule has 2 aliphatic rings. The van der Waals surface area contributed by atoms with Crippen molar-refractivity contribution in [2.75, 3.05) is 18.1 Å². The van der Waals surface area contributed by atoms with Crippen LogP contribution in [0.1, 0.15) is 19.4 Å². The Hall–Kier alpha value is -3.27. The molecule has 142 valence electrons. The zero-order valence-electron chi connectivity index (χ0n) is 14.7. The number of anilines is 1. The molecule has 0 bridgehead atoms. The van der Waals surface area contributed by atoms with E-state index in [0.29, 0.717) is 24.5 Å². The lowest BCUT2D eigenvalue weighted by Gasteiger charge is -2.41. The monoisotopic (exact) mass is 374 g/mol. The minimum absolute atomic E-state index is 0.0112. The van der Waals surface area contributed by atoms with E-state index in [2.05, 4.69) is 0 Å². The normalized spacial score (nSPS) is 23.0. The molecule has 10 heteroatoms. The molecule has 2 N–H and O–H groups in total. The van der Waals surface area contributed by atoms with Crippen LogP contribution in [0.15, 0.2) is 23.8 Å². The first-order valence-electron chi connectivity index (χ1n) is 8.31. The molecule has 3 rings (SSSR count). The Morgan fingerprint density at radius 1 is 1.15 bits per heavy atom. The molecule has 2 heterocycles. The molecule has 2 atom stereocenters. The number of urea groups is 1. The van der Waals surface area contributed by atoms with Gasteiger partial charge in [-0.25, -0.2) is 4.79 Å². The Bertz CT molecular complexity index is 833. The summed E-state index contributed by atoms with van der Waals surface area (Å²) >= 11 is 0. The SMILES string of the molecule is C[C@H]1COC[C@H](C)N1c1ccc([N+](=O)[O-])cc1C=C1C(=O)NC(=O)NC1=O. The van der Waals surface area contributed by atoms with Crippen molar-refractivity contribution in [2.24, 2.45) is 0 Å². The maximum Gasteiger partial charge on any atom is 0.328 e. The van der Waals surface area contributed by atoms with Crippen molar-refractivity contribution in [1.29, 1.82) is 0 Å². The van der Waals surface area contributed by atoms with Gasteiger partial charge in [-0.15, -0.1) is 0 Å².